The average Bonchev–Trinajstić information content (AvgIpc) is 3.43. The molecule has 2 amide bonds. The van der Waals surface area contributed by atoms with E-state index in [1.807, 2.05) is 25.1 Å². The molecule has 2 aromatic rings. The number of hydrogen-bond acceptors (Lipinski definition) is 6. The first kappa shape index (κ1) is 20.3. The minimum absolute atomic E-state index is 0.0547. The topological polar surface area (TPSA) is 77.6 Å². The van der Waals surface area contributed by atoms with Gasteiger partial charge in [-0.05, 0) is 31.9 Å². The van der Waals surface area contributed by atoms with Crippen LogP contribution in [0.2, 0.25) is 0 Å². The van der Waals surface area contributed by atoms with E-state index >= 15 is 0 Å². The van der Waals surface area contributed by atoms with Crippen LogP contribution >= 0.6 is 11.3 Å². The first-order chi connectivity index (χ1) is 14.1. The molecule has 8 heteroatoms. The second kappa shape index (κ2) is 9.19. The summed E-state index contributed by atoms with van der Waals surface area (Å²) in [6.45, 7) is 6.25. The fraction of sp³-hybridized carbons (Fsp3) is 0.571. The Morgan fingerprint density at radius 2 is 1.97 bits per heavy atom. The first-order valence-corrected chi connectivity index (χ1v) is 11.3. The van der Waals surface area contributed by atoms with Crippen molar-refractivity contribution in [3.05, 3.63) is 29.3 Å². The molecular formula is C21H29N5O2S. The van der Waals surface area contributed by atoms with E-state index in [0.717, 1.165) is 56.0 Å². The molecule has 2 heterocycles. The van der Waals surface area contributed by atoms with Crippen LogP contribution in [0.4, 0.5) is 0 Å². The third-order valence-electron chi connectivity index (χ3n) is 5.62. The van der Waals surface area contributed by atoms with Gasteiger partial charge in [0.05, 0.1) is 27.8 Å². The van der Waals surface area contributed by atoms with Crippen molar-refractivity contribution >= 4 is 33.4 Å². The summed E-state index contributed by atoms with van der Waals surface area (Å²) in [6.07, 6.45) is 2.98. The van der Waals surface area contributed by atoms with Crippen LogP contribution in [0, 0.1) is 0 Å². The van der Waals surface area contributed by atoms with Gasteiger partial charge in [0.1, 0.15) is 0 Å². The van der Waals surface area contributed by atoms with Crippen LogP contribution in [0.25, 0.3) is 10.2 Å². The maximum absolute atomic E-state index is 12.3. The fourth-order valence-corrected chi connectivity index (χ4v) is 4.59. The average molecular weight is 416 g/mol. The summed E-state index contributed by atoms with van der Waals surface area (Å²) in [5.41, 5.74) is 1.02. The maximum Gasteiger partial charge on any atom is 0.237 e. The maximum atomic E-state index is 12.3. The molecule has 1 aliphatic heterocycles. The van der Waals surface area contributed by atoms with Crippen LogP contribution in [-0.2, 0) is 16.0 Å². The zero-order chi connectivity index (χ0) is 20.2. The molecule has 1 aromatic carbocycles. The molecule has 0 bridgehead atoms. The molecule has 2 fully saturated rings. The van der Waals surface area contributed by atoms with Gasteiger partial charge in [0.15, 0.2) is 0 Å². The van der Waals surface area contributed by atoms with Gasteiger partial charge < -0.3 is 10.6 Å². The highest BCUT2D eigenvalue weighted by atomic mass is 32.1. The molecule has 1 saturated carbocycles. The monoisotopic (exact) mass is 415 g/mol. The van der Waals surface area contributed by atoms with Crippen LogP contribution in [-0.4, -0.2) is 78.0 Å². The van der Waals surface area contributed by atoms with Crippen LogP contribution in [0.3, 0.4) is 0 Å². The number of hydrogen-bond donors (Lipinski definition) is 2. The number of aromatic nitrogens is 1. The van der Waals surface area contributed by atoms with Crippen molar-refractivity contribution in [3.8, 4) is 0 Å². The zero-order valence-corrected chi connectivity index (χ0v) is 17.7. The molecule has 1 unspecified atom stereocenters. The minimum Gasteiger partial charge on any atom is -0.355 e. The molecule has 2 aliphatic rings. The lowest BCUT2D eigenvalue weighted by atomic mass is 10.2. The first-order valence-electron chi connectivity index (χ1n) is 10.5. The Hall–Kier alpha value is -2.03. The summed E-state index contributed by atoms with van der Waals surface area (Å²) >= 11 is 1.69. The number of rotatable bonds is 8. The molecule has 156 valence electrons. The molecule has 0 spiro atoms. The molecule has 1 aliphatic carbocycles. The van der Waals surface area contributed by atoms with Crippen LogP contribution in [0.15, 0.2) is 24.3 Å². The number of nitrogens with zero attached hydrogens (tertiary/aromatic N) is 3. The van der Waals surface area contributed by atoms with E-state index in [0.29, 0.717) is 19.1 Å². The second-order valence-electron chi connectivity index (χ2n) is 7.95. The fourth-order valence-electron chi connectivity index (χ4n) is 3.62. The largest absolute Gasteiger partial charge is 0.355 e. The van der Waals surface area contributed by atoms with Crippen molar-refractivity contribution in [2.45, 2.75) is 38.3 Å². The van der Waals surface area contributed by atoms with E-state index in [-0.39, 0.29) is 17.9 Å². The van der Waals surface area contributed by atoms with Crippen LogP contribution in [0.1, 0.15) is 24.8 Å². The predicted molar refractivity (Wildman–Crippen MR) is 115 cm³/mol. The van der Waals surface area contributed by atoms with Crippen molar-refractivity contribution in [1.29, 1.82) is 0 Å². The number of fused-ring (bicyclic) bond motifs is 1. The summed E-state index contributed by atoms with van der Waals surface area (Å²) in [5, 5.41) is 7.14. The highest BCUT2D eigenvalue weighted by Gasteiger charge is 2.30. The number of para-hydroxylation sites is 1. The Morgan fingerprint density at radius 3 is 2.69 bits per heavy atom. The zero-order valence-electron chi connectivity index (χ0n) is 16.9. The van der Waals surface area contributed by atoms with Gasteiger partial charge in [0.2, 0.25) is 11.8 Å². The normalized spacial score (nSPS) is 19.2. The number of piperazine rings is 1. The van der Waals surface area contributed by atoms with Gasteiger partial charge in [0.25, 0.3) is 0 Å². The summed E-state index contributed by atoms with van der Waals surface area (Å²) < 4.78 is 1.19. The third kappa shape index (κ3) is 5.52. The molecule has 7 nitrogen and oxygen atoms in total. The number of thiazole rings is 1. The van der Waals surface area contributed by atoms with E-state index < -0.39 is 0 Å². The smallest absolute Gasteiger partial charge is 0.237 e. The molecule has 4 rings (SSSR count). The second-order valence-corrected chi connectivity index (χ2v) is 9.06. The Kier molecular flexibility index (Phi) is 6.42. The summed E-state index contributed by atoms with van der Waals surface area (Å²) in [4.78, 5) is 33.5. The van der Waals surface area contributed by atoms with E-state index in [2.05, 4.69) is 31.5 Å². The Labute approximate surface area is 175 Å². The predicted octanol–water partition coefficient (Wildman–Crippen LogP) is 1.24. The lowest BCUT2D eigenvalue weighted by molar-refractivity contribution is -0.128. The molecule has 0 radical (unpaired) electrons. The lowest BCUT2D eigenvalue weighted by Crippen LogP contribution is -2.55. The minimum atomic E-state index is -0.0969. The van der Waals surface area contributed by atoms with Crippen molar-refractivity contribution < 1.29 is 9.59 Å². The number of benzene rings is 1. The van der Waals surface area contributed by atoms with Crippen molar-refractivity contribution in [3.63, 3.8) is 0 Å². The van der Waals surface area contributed by atoms with Gasteiger partial charge in [-0.1, -0.05) is 12.1 Å². The standard InChI is InChI=1S/C21H29N5O2S/c1-15(21(28)23-16-6-7-16)26-12-10-25(11-13-26)14-19(27)22-9-8-20-24-17-4-2-3-5-18(17)29-20/h2-5,15-16H,6-14H2,1H3,(H,22,27)(H,23,28). The molecular weight excluding hydrogens is 386 g/mol. The van der Waals surface area contributed by atoms with E-state index in [4.69, 9.17) is 0 Å². The van der Waals surface area contributed by atoms with E-state index in [1.165, 1.54) is 4.70 Å². The Bertz CT molecular complexity index is 825. The lowest BCUT2D eigenvalue weighted by Gasteiger charge is -2.37. The highest BCUT2D eigenvalue weighted by Crippen LogP contribution is 2.21. The van der Waals surface area contributed by atoms with Gasteiger partial charge in [-0.3, -0.25) is 19.4 Å². The quantitative estimate of drug-likeness (QED) is 0.678. The molecule has 1 atom stereocenters. The summed E-state index contributed by atoms with van der Waals surface area (Å²) in [5.74, 6) is 0.188. The Morgan fingerprint density at radius 1 is 1.21 bits per heavy atom. The molecule has 2 N–H and O–H groups in total. The summed E-state index contributed by atoms with van der Waals surface area (Å²) in [6, 6.07) is 8.41. The van der Waals surface area contributed by atoms with Gasteiger partial charge in [-0.15, -0.1) is 11.3 Å². The third-order valence-corrected chi connectivity index (χ3v) is 6.72. The van der Waals surface area contributed by atoms with E-state index in [9.17, 15) is 9.59 Å². The Balaban J connectivity index is 1.14. The summed E-state index contributed by atoms with van der Waals surface area (Å²) in [7, 11) is 0. The number of carbonyl (C=O) groups is 2. The SMILES string of the molecule is CC(C(=O)NC1CC1)N1CCN(CC(=O)NCCc2nc3ccccc3s2)CC1. The van der Waals surface area contributed by atoms with Crippen LogP contribution < -0.4 is 10.6 Å². The number of nitrogens with one attached hydrogen (secondary N) is 2. The van der Waals surface area contributed by atoms with Crippen molar-refractivity contribution in [2.24, 2.45) is 0 Å². The van der Waals surface area contributed by atoms with Crippen LogP contribution in [0.5, 0.6) is 0 Å². The van der Waals surface area contributed by atoms with E-state index in [1.54, 1.807) is 11.3 Å². The number of carbonyl (C=O) groups excluding carboxylic acids is 2. The highest BCUT2D eigenvalue weighted by molar-refractivity contribution is 7.18. The van der Waals surface area contributed by atoms with Crippen molar-refractivity contribution in [2.75, 3.05) is 39.3 Å². The van der Waals surface area contributed by atoms with Crippen molar-refractivity contribution in [1.82, 2.24) is 25.4 Å². The van der Waals surface area contributed by atoms with Gasteiger partial charge >= 0.3 is 0 Å². The molecule has 1 aromatic heterocycles. The molecule has 29 heavy (non-hydrogen) atoms. The van der Waals surface area contributed by atoms with Gasteiger partial charge in [-0.25, -0.2) is 4.98 Å². The van der Waals surface area contributed by atoms with Gasteiger partial charge in [0, 0.05) is 45.2 Å². The molecule has 1 saturated heterocycles. The number of amides is 2. The van der Waals surface area contributed by atoms with Gasteiger partial charge in [-0.2, -0.15) is 0 Å².